The Balaban J connectivity index is 0.00000171. The maximum Gasteiger partial charge on any atom is 1.00 e. The molecule has 0 amide bonds. The predicted molar refractivity (Wildman–Crippen MR) is 95.3 cm³/mol. The summed E-state index contributed by atoms with van der Waals surface area (Å²) in [5, 5.41) is 10.7. The van der Waals surface area contributed by atoms with Gasteiger partial charge in [0.15, 0.2) is 0 Å². The summed E-state index contributed by atoms with van der Waals surface area (Å²) in [6.45, 7) is 0. The van der Waals surface area contributed by atoms with Gasteiger partial charge >= 0.3 is 88.7 Å². The first kappa shape index (κ1) is 30.5. The molecule has 0 aliphatic heterocycles. The molecule has 4 aromatic rings. The van der Waals surface area contributed by atoms with Crippen molar-refractivity contribution in [2.24, 2.45) is 0 Å². The van der Waals surface area contributed by atoms with Gasteiger partial charge in [0.1, 0.15) is 25.1 Å². The molecule has 0 heterocycles. The Hall–Kier alpha value is 0.450. The molecule has 0 unspecified atom stereocenters. The largest absolute Gasteiger partial charge is 1.00 e. The fraction of sp³-hybridized carbons (Fsp3) is 0. The van der Waals surface area contributed by atoms with Crippen molar-refractivity contribution in [1.29, 1.82) is 0 Å². The smallest absolute Gasteiger partial charge is 0.872 e. The molecule has 0 fully saturated rings. The Labute approximate surface area is 248 Å². The number of benzene rings is 4. The van der Waals surface area contributed by atoms with E-state index in [1.165, 1.54) is 0 Å². The zero-order valence-electron chi connectivity index (χ0n) is 16.8. The molecule has 0 aliphatic rings. The molecule has 0 bridgehead atoms. The number of hydrogen-bond acceptors (Lipinski definition) is 9. The van der Waals surface area contributed by atoms with Crippen LogP contribution in [0.3, 0.4) is 0 Å². The van der Waals surface area contributed by atoms with Crippen LogP contribution in [0.1, 0.15) is 0 Å². The van der Waals surface area contributed by atoms with Gasteiger partial charge in [-0.3, -0.25) is 4.55 Å². The van der Waals surface area contributed by atoms with Crippen LogP contribution in [-0.4, -0.2) is 38.9 Å². The Bertz CT molecular complexity index is 1680. The molecule has 4 aromatic carbocycles. The SMILES string of the molecule is O=S(=O)([O-])c1ccc2c([O-])cc3c(S(=O)(=O)[O-])ccc4c(S(=O)(=O)O)cc1c2c34.[Na+].[Na+].[Na+]. The molecule has 0 atom stereocenters. The van der Waals surface area contributed by atoms with E-state index in [0.717, 1.165) is 36.4 Å². The van der Waals surface area contributed by atoms with Gasteiger partial charge < -0.3 is 14.2 Å². The van der Waals surface area contributed by atoms with Crippen LogP contribution < -0.4 is 93.8 Å². The second kappa shape index (κ2) is 9.84. The molecule has 1 N–H and O–H groups in total. The Morgan fingerprint density at radius 3 is 1.44 bits per heavy atom. The van der Waals surface area contributed by atoms with Crippen LogP contribution in [0.2, 0.25) is 0 Å². The zero-order valence-corrected chi connectivity index (χ0v) is 25.3. The average Bonchev–Trinajstić information content (AvgIpc) is 2.56. The van der Waals surface area contributed by atoms with E-state index in [2.05, 4.69) is 0 Å². The van der Waals surface area contributed by atoms with Crippen molar-refractivity contribution in [3.8, 4) is 5.75 Å². The normalized spacial score (nSPS) is 12.3. The van der Waals surface area contributed by atoms with Crippen molar-refractivity contribution < 1.29 is 133 Å². The van der Waals surface area contributed by atoms with E-state index in [1.807, 2.05) is 0 Å². The zero-order chi connectivity index (χ0) is 21.5. The summed E-state index contributed by atoms with van der Waals surface area (Å²) in [7, 11) is -15.2. The molecular weight excluding hydrogens is 517 g/mol. The van der Waals surface area contributed by atoms with Crippen molar-refractivity contribution >= 4 is 62.7 Å². The van der Waals surface area contributed by atoms with Crippen molar-refractivity contribution in [2.45, 2.75) is 14.7 Å². The third kappa shape index (κ3) is 5.03. The van der Waals surface area contributed by atoms with E-state index in [-0.39, 0.29) is 110 Å². The standard InChI is InChI=1S/C16H10O10S3.3Na/c17-11-5-9-12(27(18,19)20)4-2-8-14(29(24,25)26)6-10-13(28(21,22)23)3-1-7(11)15(10)16(8)9;;;/h1-6,17H,(H,18,19,20)(H,21,22,23)(H,24,25,26);;;/q;3*+1/p-3. The van der Waals surface area contributed by atoms with Gasteiger partial charge in [0.2, 0.25) is 0 Å². The van der Waals surface area contributed by atoms with Gasteiger partial charge in [-0.25, -0.2) is 16.8 Å². The van der Waals surface area contributed by atoms with Crippen molar-refractivity contribution in [1.82, 2.24) is 0 Å². The van der Waals surface area contributed by atoms with Crippen LogP contribution in [0.25, 0.3) is 32.3 Å². The molecule has 0 saturated carbocycles. The van der Waals surface area contributed by atoms with E-state index < -0.39 is 61.6 Å². The summed E-state index contributed by atoms with van der Waals surface area (Å²) in [6, 6.07) is 5.08. The maximum absolute atomic E-state index is 12.5. The van der Waals surface area contributed by atoms with Crippen molar-refractivity contribution in [3.05, 3.63) is 36.4 Å². The minimum atomic E-state index is -5.15. The van der Waals surface area contributed by atoms with Gasteiger partial charge in [-0.05, 0) is 39.7 Å². The summed E-state index contributed by atoms with van der Waals surface area (Å²) < 4.78 is 103. The van der Waals surface area contributed by atoms with Crippen LogP contribution >= 0.6 is 0 Å². The third-order valence-corrected chi connectivity index (χ3v) is 7.24. The molecule has 4 rings (SSSR count). The van der Waals surface area contributed by atoms with E-state index in [9.17, 15) is 44.0 Å². The van der Waals surface area contributed by atoms with Gasteiger partial charge in [-0.2, -0.15) is 8.42 Å². The molecule has 0 radical (unpaired) electrons. The molecule has 0 spiro atoms. The molecule has 32 heavy (non-hydrogen) atoms. The Morgan fingerprint density at radius 1 is 0.594 bits per heavy atom. The summed E-state index contributed by atoms with van der Waals surface area (Å²) in [6.07, 6.45) is 0. The Kier molecular flexibility index (Phi) is 9.37. The first-order chi connectivity index (χ1) is 13.2. The van der Waals surface area contributed by atoms with Crippen LogP contribution in [0, 0.1) is 0 Å². The van der Waals surface area contributed by atoms with Gasteiger partial charge in [-0.15, -0.1) is 5.75 Å². The molecule has 0 aromatic heterocycles. The van der Waals surface area contributed by atoms with Crippen LogP contribution in [0.4, 0.5) is 0 Å². The van der Waals surface area contributed by atoms with Crippen molar-refractivity contribution in [2.75, 3.05) is 0 Å². The second-order valence-electron chi connectivity index (χ2n) is 6.20. The van der Waals surface area contributed by atoms with Gasteiger partial charge in [0, 0.05) is 10.8 Å². The van der Waals surface area contributed by atoms with Gasteiger partial charge in [0.05, 0.1) is 9.79 Å². The van der Waals surface area contributed by atoms with Crippen LogP contribution in [0.15, 0.2) is 51.1 Å². The average molecular weight is 524 g/mol. The fourth-order valence-electron chi connectivity index (χ4n) is 3.50. The predicted octanol–water partition coefficient (Wildman–Crippen LogP) is -8.28. The van der Waals surface area contributed by atoms with Crippen molar-refractivity contribution in [3.63, 3.8) is 0 Å². The van der Waals surface area contributed by atoms with E-state index in [1.54, 1.807) is 0 Å². The minimum Gasteiger partial charge on any atom is -0.872 e. The molecule has 0 aliphatic carbocycles. The van der Waals surface area contributed by atoms with E-state index >= 15 is 0 Å². The van der Waals surface area contributed by atoms with E-state index in [0.29, 0.717) is 0 Å². The fourth-order valence-corrected chi connectivity index (χ4v) is 5.55. The topological polar surface area (TPSA) is 192 Å². The second-order valence-corrected chi connectivity index (χ2v) is 10.3. The van der Waals surface area contributed by atoms with E-state index in [4.69, 9.17) is 0 Å². The molecule has 16 heteroatoms. The molecule has 0 saturated heterocycles. The Morgan fingerprint density at radius 2 is 1.00 bits per heavy atom. The van der Waals surface area contributed by atoms with Crippen LogP contribution in [0.5, 0.6) is 5.75 Å². The summed E-state index contributed by atoms with van der Waals surface area (Å²) in [4.78, 5) is -2.53. The molecule has 152 valence electrons. The quantitative estimate of drug-likeness (QED) is 0.153. The van der Waals surface area contributed by atoms with Gasteiger partial charge in [-0.1, -0.05) is 18.2 Å². The number of rotatable bonds is 3. The van der Waals surface area contributed by atoms with Crippen LogP contribution in [-0.2, 0) is 30.4 Å². The monoisotopic (exact) mass is 524 g/mol. The third-order valence-electron chi connectivity index (χ3n) is 4.56. The van der Waals surface area contributed by atoms with Gasteiger partial charge in [0.25, 0.3) is 10.1 Å². The summed E-state index contributed by atoms with van der Waals surface area (Å²) in [5.74, 6) is -0.783. The number of hydrogen-bond donors (Lipinski definition) is 1. The minimum absolute atomic E-state index is 0. The summed E-state index contributed by atoms with van der Waals surface area (Å²) >= 11 is 0. The maximum atomic E-state index is 12.5. The first-order valence-electron chi connectivity index (χ1n) is 7.56. The molecular formula is C16H7Na3O10S3. The molecule has 10 nitrogen and oxygen atoms in total. The first-order valence-corrected chi connectivity index (χ1v) is 11.8. The summed E-state index contributed by atoms with van der Waals surface area (Å²) in [5.41, 5.74) is 0.